The van der Waals surface area contributed by atoms with E-state index in [1.807, 2.05) is 0 Å². The minimum absolute atomic E-state index is 0.263. The summed E-state index contributed by atoms with van der Waals surface area (Å²) >= 11 is 0. The van der Waals surface area contributed by atoms with Crippen molar-refractivity contribution < 1.29 is 28.7 Å². The zero-order chi connectivity index (χ0) is 61.0. The molecule has 8 atom stereocenters. The van der Waals surface area contributed by atoms with Gasteiger partial charge in [0.25, 0.3) is 0 Å². The first-order valence-electron chi connectivity index (χ1n) is 32.7. The van der Waals surface area contributed by atoms with Gasteiger partial charge in [-0.05, 0) is 122 Å². The summed E-state index contributed by atoms with van der Waals surface area (Å²) in [4.78, 5) is 67.1. The van der Waals surface area contributed by atoms with Gasteiger partial charge in [-0.25, -0.2) is 0 Å². The van der Waals surface area contributed by atoms with Crippen molar-refractivity contribution in [3.05, 3.63) is 246 Å². The van der Waals surface area contributed by atoms with E-state index < -0.39 is 109 Å². The molecule has 8 unspecified atom stereocenters. The molecule has 0 amide bonds. The molecule has 12 aliphatic carbocycles. The van der Waals surface area contributed by atoms with Gasteiger partial charge in [0.2, 0.25) is 0 Å². The van der Waals surface area contributed by atoms with Crippen molar-refractivity contribution in [2.75, 3.05) is 0 Å². The molecule has 2 aliphatic heterocycles. The molecule has 2 saturated heterocycles. The van der Waals surface area contributed by atoms with Crippen LogP contribution in [0.4, 0.5) is 0 Å². The van der Waals surface area contributed by atoms with E-state index >= 15 is 19.2 Å². The minimum atomic E-state index is -2.65. The molecule has 2 fully saturated rings. The molecule has 14 aliphatic rings. The summed E-state index contributed by atoms with van der Waals surface area (Å²) in [5.74, 6) is 1.38. The second-order valence-corrected chi connectivity index (χ2v) is 40.9. The molecule has 0 spiro atoms. The maximum absolute atomic E-state index is 16.8. The minimum Gasteiger partial charge on any atom is -0.392 e. The fourth-order valence-electron chi connectivity index (χ4n) is 23.6. The summed E-state index contributed by atoms with van der Waals surface area (Å²) in [7, 11) is -5.29. The summed E-state index contributed by atoms with van der Waals surface area (Å²) < 4.78 is 13.4. The maximum atomic E-state index is 16.8. The second-order valence-electron chi connectivity index (χ2n) is 29.8. The SMILES string of the molecule is CC(C)[Si](C#Cc1c2c(c(C#C[Si](C(C)C)(C(C)C)C(C)C)c3c1C1c4ccccc4C3C34C(=O)OC(=O)C13C1c3ccccc3C4c3ccccc31)C1c3ccccc3C2C23C(=O)OC(=O)C12C1c2ccccc2C3c2ccccc21)(C(C)C)C(C)C. The van der Waals surface area contributed by atoms with Gasteiger partial charge in [-0.1, -0.05) is 241 Å². The highest BCUT2D eigenvalue weighted by atomic mass is 28.3. The lowest BCUT2D eigenvalue weighted by molar-refractivity contribution is -0.157. The molecule has 2 heterocycles. The average Bonchev–Trinajstić information content (AvgIpc) is 1.15. The van der Waals surface area contributed by atoms with Crippen molar-refractivity contribution in [2.24, 2.45) is 21.7 Å². The molecule has 6 nitrogen and oxygen atoms in total. The zero-order valence-electron chi connectivity index (χ0n) is 52.4. The molecule has 88 heavy (non-hydrogen) atoms. The van der Waals surface area contributed by atoms with Crippen LogP contribution in [0.25, 0.3) is 0 Å². The Bertz CT molecular complexity index is 3890. The van der Waals surface area contributed by atoms with Gasteiger partial charge < -0.3 is 9.47 Å². The Morgan fingerprint density at radius 2 is 0.443 bits per heavy atom. The van der Waals surface area contributed by atoms with Gasteiger partial charge in [-0.15, -0.1) is 11.1 Å². The van der Waals surface area contributed by atoms with Gasteiger partial charge in [0, 0.05) is 58.5 Å². The van der Waals surface area contributed by atoms with Gasteiger partial charge >= 0.3 is 23.9 Å². The van der Waals surface area contributed by atoms with E-state index in [1.54, 1.807) is 0 Å². The van der Waals surface area contributed by atoms with Crippen LogP contribution in [0.1, 0.15) is 231 Å². The van der Waals surface area contributed by atoms with Crippen molar-refractivity contribution >= 4 is 40.0 Å². The maximum Gasteiger partial charge on any atom is 0.322 e. The van der Waals surface area contributed by atoms with Crippen LogP contribution in [0.5, 0.6) is 0 Å². The summed E-state index contributed by atoms with van der Waals surface area (Å²) in [6.45, 7) is 28.3. The van der Waals surface area contributed by atoms with Crippen LogP contribution in [0.2, 0.25) is 33.2 Å². The number of benzene rings is 7. The van der Waals surface area contributed by atoms with E-state index in [0.29, 0.717) is 0 Å². The molecule has 7 aromatic carbocycles. The van der Waals surface area contributed by atoms with Crippen molar-refractivity contribution in [3.63, 3.8) is 0 Å². The summed E-state index contributed by atoms with van der Waals surface area (Å²) in [6.07, 6.45) is 0. The van der Waals surface area contributed by atoms with Gasteiger partial charge in [-0.3, -0.25) is 19.2 Å². The van der Waals surface area contributed by atoms with Crippen LogP contribution in [-0.4, -0.2) is 40.0 Å². The zero-order valence-corrected chi connectivity index (χ0v) is 54.4. The first-order chi connectivity index (χ1) is 42.3. The van der Waals surface area contributed by atoms with E-state index in [0.717, 1.165) is 100 Å². The van der Waals surface area contributed by atoms with Crippen molar-refractivity contribution in [3.8, 4) is 22.9 Å². The van der Waals surface area contributed by atoms with E-state index in [2.05, 4.69) is 252 Å². The second kappa shape index (κ2) is 17.6. The largest absolute Gasteiger partial charge is 0.392 e. The Morgan fingerprint density at radius 1 is 0.284 bits per heavy atom. The third-order valence-electron chi connectivity index (χ3n) is 25.8. The molecule has 0 saturated carbocycles. The Hall–Kier alpha value is -7.63. The highest BCUT2D eigenvalue weighted by molar-refractivity contribution is 6.91. The number of rotatable bonds is 6. The fraction of sp³-hybridized carbons (Fsp3) is 0.375. The van der Waals surface area contributed by atoms with E-state index in [1.165, 1.54) is 0 Å². The lowest BCUT2D eigenvalue weighted by Crippen LogP contribution is -2.69. The predicted octanol–water partition coefficient (Wildman–Crippen LogP) is 16.7. The lowest BCUT2D eigenvalue weighted by Gasteiger charge is -2.70. The van der Waals surface area contributed by atoms with Crippen LogP contribution in [0.15, 0.2) is 146 Å². The molecule has 0 N–H and O–H groups in total. The third kappa shape index (κ3) is 5.49. The molecule has 8 bridgehead atoms. The number of carbonyl (C=O) groups is 4. The van der Waals surface area contributed by atoms with Crippen LogP contribution in [0.3, 0.4) is 0 Å². The molecule has 8 heteroatoms. The van der Waals surface area contributed by atoms with Crippen LogP contribution in [-0.2, 0) is 28.7 Å². The molecule has 0 radical (unpaired) electrons. The number of carbonyl (C=O) groups excluding carboxylic acids is 4. The monoisotopic (exact) mass is 1190 g/mol. The Balaban J connectivity index is 1.15. The number of hydrogen-bond acceptors (Lipinski definition) is 6. The van der Waals surface area contributed by atoms with Crippen molar-refractivity contribution in [1.82, 2.24) is 0 Å². The van der Waals surface area contributed by atoms with Crippen LogP contribution < -0.4 is 0 Å². The van der Waals surface area contributed by atoms with Gasteiger partial charge in [0.1, 0.15) is 37.8 Å². The molecule has 7 aromatic rings. The standard InChI is InChI=1S/C80H74O6Si2/c1-41(2)87(42(3)4,43(5)6)39-37-59-61-63(71-57-35-23-21-33-55(57)69(61)77-65-47-25-13-17-29-51(47)67(52-30-18-14-26-48(52)65)79(71,77)75(83)85-73(77)81)60(38-40-88(44(7)8,45(9)10)46(11)12)64-62(59)70-56-34-22-24-36-58(56)72(64)80-68-53-31-19-15-27-49(53)66(50-28-16-20-32-54(50)68)78(70,80)74(82)86-76(80)84/h13-36,41-46,65-72H,1-12H3. The van der Waals surface area contributed by atoms with E-state index in [9.17, 15) is 0 Å². The summed E-state index contributed by atoms with van der Waals surface area (Å²) in [5.41, 5.74) is 22.3. The Morgan fingerprint density at radius 3 is 0.602 bits per heavy atom. The third-order valence-corrected chi connectivity index (χ3v) is 38.4. The fourth-order valence-corrected chi connectivity index (χ4v) is 34.0. The molecular formula is C80H74O6Si2. The Kier molecular flexibility index (Phi) is 10.9. The predicted molar refractivity (Wildman–Crippen MR) is 348 cm³/mol. The van der Waals surface area contributed by atoms with Gasteiger partial charge in [-0.2, -0.15) is 0 Å². The van der Waals surface area contributed by atoms with Crippen LogP contribution >= 0.6 is 0 Å². The summed E-state index contributed by atoms with van der Waals surface area (Å²) in [6, 6.07) is 51.6. The highest BCUT2D eigenvalue weighted by Crippen LogP contribution is 2.89. The molecule has 0 aromatic heterocycles. The van der Waals surface area contributed by atoms with Crippen molar-refractivity contribution in [2.45, 2.75) is 164 Å². The highest BCUT2D eigenvalue weighted by Gasteiger charge is 2.90. The molecular weight excluding hydrogens is 1110 g/mol. The molecule has 21 rings (SSSR count). The number of ether oxygens (including phenoxy) is 2. The average molecular weight is 1190 g/mol. The Labute approximate surface area is 519 Å². The number of esters is 4. The topological polar surface area (TPSA) is 86.7 Å². The van der Waals surface area contributed by atoms with Gasteiger partial charge in [0.05, 0.1) is 0 Å². The smallest absolute Gasteiger partial charge is 0.322 e. The first kappa shape index (κ1) is 54.5. The quantitative estimate of drug-likeness (QED) is 0.0714. The van der Waals surface area contributed by atoms with E-state index in [4.69, 9.17) is 9.47 Å². The lowest BCUT2D eigenvalue weighted by atomic mass is 9.27. The normalized spacial score (nSPS) is 30.0. The number of cyclic esters (lactones) is 4. The van der Waals surface area contributed by atoms with Crippen LogP contribution in [0, 0.1) is 44.6 Å². The van der Waals surface area contributed by atoms with E-state index in [-0.39, 0.29) is 33.2 Å². The van der Waals surface area contributed by atoms with Crippen molar-refractivity contribution in [1.29, 1.82) is 0 Å². The van der Waals surface area contributed by atoms with Gasteiger partial charge in [0.15, 0.2) is 0 Å². The summed E-state index contributed by atoms with van der Waals surface area (Å²) in [5, 5.41) is 0. The molecule has 438 valence electrons. The first-order valence-corrected chi connectivity index (χ1v) is 37.1. The number of hydrogen-bond donors (Lipinski definition) is 0.